The van der Waals surface area contributed by atoms with Crippen molar-refractivity contribution in [2.45, 2.75) is 32.3 Å². The van der Waals surface area contributed by atoms with E-state index in [1.54, 1.807) is 31.2 Å². The number of carbonyl (C=O) groups is 2. The van der Waals surface area contributed by atoms with E-state index >= 15 is 0 Å². The van der Waals surface area contributed by atoms with Crippen molar-refractivity contribution in [1.82, 2.24) is 4.98 Å². The van der Waals surface area contributed by atoms with Gasteiger partial charge in [-0.2, -0.15) is 0 Å². The van der Waals surface area contributed by atoms with Gasteiger partial charge in [0.25, 0.3) is 11.6 Å². The fourth-order valence-corrected chi connectivity index (χ4v) is 3.97. The Balaban J connectivity index is 1.59. The van der Waals surface area contributed by atoms with Gasteiger partial charge in [0.2, 0.25) is 5.91 Å². The fraction of sp³-hybridized carbons (Fsp3) is 0.208. The summed E-state index contributed by atoms with van der Waals surface area (Å²) in [5.74, 6) is -0.572. The van der Waals surface area contributed by atoms with Crippen molar-refractivity contribution in [2.75, 3.05) is 5.32 Å². The van der Waals surface area contributed by atoms with Gasteiger partial charge < -0.3 is 15.8 Å². The molecule has 0 spiro atoms. The van der Waals surface area contributed by atoms with Crippen molar-refractivity contribution in [1.29, 1.82) is 0 Å². The number of aromatic nitrogens is 1. The molecule has 9 nitrogen and oxygen atoms in total. The molecule has 168 valence electrons. The molecule has 0 aliphatic heterocycles. The summed E-state index contributed by atoms with van der Waals surface area (Å²) < 4.78 is 6.11. The predicted octanol–water partition coefficient (Wildman–Crippen LogP) is 4.11. The van der Waals surface area contributed by atoms with Crippen LogP contribution in [0.1, 0.15) is 56.4 Å². The Morgan fingerprint density at radius 2 is 2.00 bits per heavy atom. The van der Waals surface area contributed by atoms with Crippen molar-refractivity contribution in [2.24, 2.45) is 5.73 Å². The van der Waals surface area contributed by atoms with Crippen LogP contribution in [0, 0.1) is 17.0 Å². The number of nitrogens with two attached hydrogens (primary N) is 1. The second-order valence-corrected chi connectivity index (χ2v) is 7.86. The highest BCUT2D eigenvalue weighted by atomic mass is 16.6. The van der Waals surface area contributed by atoms with E-state index in [1.165, 1.54) is 18.5 Å². The van der Waals surface area contributed by atoms with Gasteiger partial charge in [-0.1, -0.05) is 18.2 Å². The first-order chi connectivity index (χ1) is 15.8. The highest BCUT2D eigenvalue weighted by Crippen LogP contribution is 2.37. The minimum absolute atomic E-state index is 0.0991. The standard InChI is InChI=1S/C24H22N4O5/c1-14-8-9-15(11-21(14)28(31)32)24(30)27-20-6-2-5-19-18(20)4-3-7-22(19)33-17-10-16(23(25)29)12-26-13-17/h2,5-6,8-13,22H,3-4,7H2,1H3,(H2,25,29)(H,27,30). The SMILES string of the molecule is Cc1ccc(C(=O)Nc2cccc3c2CCCC3Oc2cncc(C(N)=O)c2)cc1[N+](=O)[O-]. The molecule has 1 aliphatic carbocycles. The quantitative estimate of drug-likeness (QED) is 0.432. The molecule has 0 saturated heterocycles. The van der Waals surface area contributed by atoms with E-state index in [9.17, 15) is 19.7 Å². The number of hydrogen-bond acceptors (Lipinski definition) is 6. The number of fused-ring (bicyclic) bond motifs is 1. The fourth-order valence-electron chi connectivity index (χ4n) is 3.97. The Bertz CT molecular complexity index is 1260. The second-order valence-electron chi connectivity index (χ2n) is 7.86. The van der Waals surface area contributed by atoms with Crippen LogP contribution in [0.2, 0.25) is 0 Å². The topological polar surface area (TPSA) is 137 Å². The van der Waals surface area contributed by atoms with E-state index in [0.717, 1.165) is 30.4 Å². The number of benzene rings is 2. The van der Waals surface area contributed by atoms with Crippen LogP contribution in [0.5, 0.6) is 5.75 Å². The van der Waals surface area contributed by atoms with Gasteiger partial charge in [0.15, 0.2) is 0 Å². The minimum atomic E-state index is -0.585. The maximum Gasteiger partial charge on any atom is 0.273 e. The van der Waals surface area contributed by atoms with Crippen LogP contribution in [0.3, 0.4) is 0 Å². The number of nitro groups is 1. The molecule has 1 aromatic heterocycles. The molecular formula is C24H22N4O5. The van der Waals surface area contributed by atoms with Crippen molar-refractivity contribution >= 4 is 23.2 Å². The van der Waals surface area contributed by atoms with E-state index in [4.69, 9.17) is 10.5 Å². The van der Waals surface area contributed by atoms with Gasteiger partial charge in [0, 0.05) is 29.1 Å². The molecular weight excluding hydrogens is 424 g/mol. The number of rotatable bonds is 6. The number of carbonyl (C=O) groups excluding carboxylic acids is 2. The van der Waals surface area contributed by atoms with Crippen LogP contribution >= 0.6 is 0 Å². The molecule has 3 aromatic rings. The first kappa shape index (κ1) is 21.9. The predicted molar refractivity (Wildman–Crippen MR) is 121 cm³/mol. The highest BCUT2D eigenvalue weighted by molar-refractivity contribution is 6.05. The van der Waals surface area contributed by atoms with E-state index in [-0.39, 0.29) is 22.9 Å². The lowest BCUT2D eigenvalue weighted by Crippen LogP contribution is -2.20. The lowest BCUT2D eigenvalue weighted by Gasteiger charge is -2.28. The Hall–Kier alpha value is -4.27. The lowest BCUT2D eigenvalue weighted by atomic mass is 9.88. The summed E-state index contributed by atoms with van der Waals surface area (Å²) in [5, 5.41) is 14.1. The summed E-state index contributed by atoms with van der Waals surface area (Å²) >= 11 is 0. The molecule has 0 fully saturated rings. The van der Waals surface area contributed by atoms with Crippen LogP contribution in [0.25, 0.3) is 0 Å². The molecule has 9 heteroatoms. The van der Waals surface area contributed by atoms with E-state index in [2.05, 4.69) is 10.3 Å². The first-order valence-corrected chi connectivity index (χ1v) is 10.4. The zero-order valence-corrected chi connectivity index (χ0v) is 17.9. The molecule has 1 aliphatic rings. The number of hydrogen-bond donors (Lipinski definition) is 2. The van der Waals surface area contributed by atoms with Gasteiger partial charge in [0.05, 0.1) is 16.7 Å². The molecule has 1 unspecified atom stereocenters. The monoisotopic (exact) mass is 446 g/mol. The summed E-state index contributed by atoms with van der Waals surface area (Å²) in [5.41, 5.74) is 8.70. The van der Waals surface area contributed by atoms with E-state index in [1.807, 2.05) is 12.1 Å². The Kier molecular flexibility index (Phi) is 6.03. The Morgan fingerprint density at radius 3 is 2.76 bits per heavy atom. The molecule has 3 N–H and O–H groups in total. The van der Waals surface area contributed by atoms with E-state index in [0.29, 0.717) is 17.0 Å². The molecule has 1 atom stereocenters. The molecule has 2 aromatic carbocycles. The van der Waals surface area contributed by atoms with Gasteiger partial charge in [-0.25, -0.2) is 0 Å². The van der Waals surface area contributed by atoms with Crippen molar-refractivity contribution in [3.63, 3.8) is 0 Å². The number of primary amides is 1. The van der Waals surface area contributed by atoms with Crippen LogP contribution in [-0.2, 0) is 6.42 Å². The number of aryl methyl sites for hydroxylation is 1. The van der Waals surface area contributed by atoms with Crippen LogP contribution < -0.4 is 15.8 Å². The zero-order valence-electron chi connectivity index (χ0n) is 17.9. The average Bonchev–Trinajstić information content (AvgIpc) is 2.80. The lowest BCUT2D eigenvalue weighted by molar-refractivity contribution is -0.385. The van der Waals surface area contributed by atoms with Crippen LogP contribution in [-0.4, -0.2) is 21.7 Å². The number of nitrogens with zero attached hydrogens (tertiary/aromatic N) is 2. The van der Waals surface area contributed by atoms with Crippen molar-refractivity contribution in [3.05, 3.63) is 92.8 Å². The van der Waals surface area contributed by atoms with Gasteiger partial charge in [-0.05, 0) is 55.5 Å². The number of pyridine rings is 1. The van der Waals surface area contributed by atoms with Gasteiger partial charge in [-0.3, -0.25) is 24.7 Å². The summed E-state index contributed by atoms with van der Waals surface area (Å²) in [6, 6.07) is 11.5. The number of anilines is 1. The molecule has 1 heterocycles. The average molecular weight is 446 g/mol. The van der Waals surface area contributed by atoms with E-state index < -0.39 is 16.7 Å². The summed E-state index contributed by atoms with van der Waals surface area (Å²) in [6.45, 7) is 1.63. The van der Waals surface area contributed by atoms with Gasteiger partial charge >= 0.3 is 0 Å². The number of amides is 2. The number of nitro benzene ring substituents is 1. The molecule has 33 heavy (non-hydrogen) atoms. The summed E-state index contributed by atoms with van der Waals surface area (Å²) in [4.78, 5) is 39.0. The van der Waals surface area contributed by atoms with Gasteiger partial charge in [-0.15, -0.1) is 0 Å². The van der Waals surface area contributed by atoms with Crippen molar-refractivity contribution in [3.8, 4) is 5.75 Å². The maximum absolute atomic E-state index is 12.8. The maximum atomic E-state index is 12.8. The van der Waals surface area contributed by atoms with Gasteiger partial charge in [0.1, 0.15) is 11.9 Å². The third kappa shape index (κ3) is 4.67. The highest BCUT2D eigenvalue weighted by Gasteiger charge is 2.25. The molecule has 0 radical (unpaired) electrons. The minimum Gasteiger partial charge on any atom is -0.484 e. The Morgan fingerprint density at radius 1 is 1.18 bits per heavy atom. The second kappa shape index (κ2) is 9.07. The normalized spacial score (nSPS) is 14.8. The summed E-state index contributed by atoms with van der Waals surface area (Å²) in [7, 11) is 0. The van der Waals surface area contributed by atoms with Crippen LogP contribution in [0.15, 0.2) is 54.9 Å². The molecule has 4 rings (SSSR count). The largest absolute Gasteiger partial charge is 0.484 e. The smallest absolute Gasteiger partial charge is 0.273 e. The number of ether oxygens (including phenoxy) is 1. The number of nitrogens with one attached hydrogen (secondary N) is 1. The first-order valence-electron chi connectivity index (χ1n) is 10.4. The van der Waals surface area contributed by atoms with Crippen molar-refractivity contribution < 1.29 is 19.2 Å². The third-order valence-corrected chi connectivity index (χ3v) is 5.64. The molecule has 0 saturated carbocycles. The third-order valence-electron chi connectivity index (χ3n) is 5.64. The zero-order chi connectivity index (χ0) is 23.5. The molecule has 2 amide bonds. The van der Waals surface area contributed by atoms with Crippen LogP contribution in [0.4, 0.5) is 11.4 Å². The Labute approximate surface area is 189 Å². The summed E-state index contributed by atoms with van der Waals surface area (Å²) in [6.07, 6.45) is 4.97. The molecule has 0 bridgehead atoms.